The summed E-state index contributed by atoms with van der Waals surface area (Å²) in [6, 6.07) is -0.552. The first-order valence-electron chi connectivity index (χ1n) is 7.28. The Morgan fingerprint density at radius 3 is 2.00 bits per heavy atom. The van der Waals surface area contributed by atoms with Gasteiger partial charge in [-0.15, -0.1) is 0 Å². The molecule has 0 aromatic rings. The number of rotatable bonds is 6. The number of alkyl carbamates (subject to hydrolysis) is 1. The molecule has 118 valence electrons. The molecule has 0 aliphatic carbocycles. The van der Waals surface area contributed by atoms with Crippen LogP contribution in [0, 0.1) is 11.8 Å². The van der Waals surface area contributed by atoms with Crippen LogP contribution in [0.25, 0.3) is 0 Å². The Morgan fingerprint density at radius 1 is 1.05 bits per heavy atom. The Balaban J connectivity index is 4.55. The molecule has 0 unspecified atom stereocenters. The van der Waals surface area contributed by atoms with Gasteiger partial charge in [0.2, 0.25) is 5.91 Å². The standard InChI is InChI=1S/C15H30N2O3/c1-10(2)8-12(13(18)16-9-11(3)4)17-14(19)20-15(5,6)7/h10-12H,8-9H2,1-7H3,(H,16,18)(H,17,19)/t12-/m0/s1. The smallest absolute Gasteiger partial charge is 0.408 e. The van der Waals surface area contributed by atoms with Gasteiger partial charge in [0.15, 0.2) is 0 Å². The molecular weight excluding hydrogens is 256 g/mol. The van der Waals surface area contributed by atoms with Crippen LogP contribution < -0.4 is 10.6 Å². The summed E-state index contributed by atoms with van der Waals surface area (Å²) >= 11 is 0. The molecule has 20 heavy (non-hydrogen) atoms. The van der Waals surface area contributed by atoms with E-state index in [1.807, 2.05) is 27.7 Å². The average Bonchev–Trinajstić information content (AvgIpc) is 2.21. The van der Waals surface area contributed by atoms with E-state index in [0.29, 0.717) is 24.8 Å². The second-order valence-electron chi connectivity index (χ2n) is 6.97. The van der Waals surface area contributed by atoms with Crippen molar-refractivity contribution in [1.82, 2.24) is 10.6 Å². The van der Waals surface area contributed by atoms with E-state index in [-0.39, 0.29) is 5.91 Å². The summed E-state index contributed by atoms with van der Waals surface area (Å²) in [5.74, 6) is 0.526. The highest BCUT2D eigenvalue weighted by Crippen LogP contribution is 2.09. The third-order valence-corrected chi connectivity index (χ3v) is 2.40. The summed E-state index contributed by atoms with van der Waals surface area (Å²) in [5.41, 5.74) is -0.569. The summed E-state index contributed by atoms with van der Waals surface area (Å²) in [6.45, 7) is 14.1. The molecule has 0 heterocycles. The average molecular weight is 286 g/mol. The van der Waals surface area contributed by atoms with Gasteiger partial charge in [0.05, 0.1) is 0 Å². The van der Waals surface area contributed by atoms with Crippen LogP contribution in [0.15, 0.2) is 0 Å². The van der Waals surface area contributed by atoms with E-state index in [1.165, 1.54) is 0 Å². The molecule has 0 aliphatic rings. The Hall–Kier alpha value is -1.26. The van der Waals surface area contributed by atoms with Gasteiger partial charge in [-0.3, -0.25) is 4.79 Å². The SMILES string of the molecule is CC(C)CNC(=O)[C@H](CC(C)C)NC(=O)OC(C)(C)C. The van der Waals surface area contributed by atoms with Crippen molar-refractivity contribution in [3.8, 4) is 0 Å². The quantitative estimate of drug-likeness (QED) is 0.789. The molecule has 0 fully saturated rings. The fourth-order valence-corrected chi connectivity index (χ4v) is 1.58. The van der Waals surface area contributed by atoms with Gasteiger partial charge in [-0.05, 0) is 39.0 Å². The number of carbonyl (C=O) groups is 2. The highest BCUT2D eigenvalue weighted by Gasteiger charge is 2.24. The van der Waals surface area contributed by atoms with Crippen LogP contribution in [0.2, 0.25) is 0 Å². The van der Waals surface area contributed by atoms with E-state index in [9.17, 15) is 9.59 Å². The van der Waals surface area contributed by atoms with E-state index >= 15 is 0 Å². The van der Waals surface area contributed by atoms with Crippen LogP contribution in [0.4, 0.5) is 4.79 Å². The molecule has 0 radical (unpaired) electrons. The number of hydrogen-bond acceptors (Lipinski definition) is 3. The van der Waals surface area contributed by atoms with Crippen molar-refractivity contribution >= 4 is 12.0 Å². The van der Waals surface area contributed by atoms with E-state index in [0.717, 1.165) is 0 Å². The second kappa shape index (κ2) is 8.12. The maximum absolute atomic E-state index is 12.1. The third kappa shape index (κ3) is 9.64. The van der Waals surface area contributed by atoms with Crippen molar-refractivity contribution in [3.05, 3.63) is 0 Å². The van der Waals surface area contributed by atoms with Crippen molar-refractivity contribution in [3.63, 3.8) is 0 Å². The molecule has 0 bridgehead atoms. The molecule has 2 amide bonds. The zero-order chi connectivity index (χ0) is 15.9. The molecule has 0 aliphatic heterocycles. The first-order valence-corrected chi connectivity index (χ1v) is 7.28. The van der Waals surface area contributed by atoms with Crippen LogP contribution in [-0.4, -0.2) is 30.2 Å². The topological polar surface area (TPSA) is 67.4 Å². The Labute approximate surface area is 122 Å². The zero-order valence-corrected chi connectivity index (χ0v) is 13.9. The molecule has 0 saturated carbocycles. The summed E-state index contributed by atoms with van der Waals surface area (Å²) in [5, 5.41) is 5.50. The van der Waals surface area contributed by atoms with Crippen molar-refractivity contribution in [1.29, 1.82) is 0 Å². The summed E-state index contributed by atoms with van der Waals surface area (Å²) < 4.78 is 5.20. The number of amides is 2. The molecule has 0 saturated heterocycles. The van der Waals surface area contributed by atoms with E-state index in [4.69, 9.17) is 4.74 Å². The number of ether oxygens (including phenoxy) is 1. The van der Waals surface area contributed by atoms with Gasteiger partial charge in [0.25, 0.3) is 0 Å². The van der Waals surface area contributed by atoms with Gasteiger partial charge >= 0.3 is 6.09 Å². The van der Waals surface area contributed by atoms with Crippen molar-refractivity contribution in [2.24, 2.45) is 11.8 Å². The normalized spacial score (nSPS) is 13.2. The lowest BCUT2D eigenvalue weighted by molar-refractivity contribution is -0.123. The summed E-state index contributed by atoms with van der Waals surface area (Å²) in [7, 11) is 0. The third-order valence-electron chi connectivity index (χ3n) is 2.40. The zero-order valence-electron chi connectivity index (χ0n) is 13.9. The summed E-state index contributed by atoms with van der Waals surface area (Å²) in [6.07, 6.45) is 0.0336. The molecule has 0 rings (SSSR count). The maximum Gasteiger partial charge on any atom is 0.408 e. The van der Waals surface area contributed by atoms with Crippen LogP contribution in [0.5, 0.6) is 0 Å². The van der Waals surface area contributed by atoms with Gasteiger partial charge in [-0.1, -0.05) is 27.7 Å². The second-order valence-corrected chi connectivity index (χ2v) is 6.97. The minimum absolute atomic E-state index is 0.154. The van der Waals surface area contributed by atoms with Crippen molar-refractivity contribution in [2.45, 2.75) is 66.5 Å². The fourth-order valence-electron chi connectivity index (χ4n) is 1.58. The number of hydrogen-bond donors (Lipinski definition) is 2. The number of carbonyl (C=O) groups excluding carboxylic acids is 2. The first kappa shape index (κ1) is 18.7. The van der Waals surface area contributed by atoms with Gasteiger partial charge in [0.1, 0.15) is 11.6 Å². The Bertz CT molecular complexity index is 320. The molecule has 5 heteroatoms. The van der Waals surface area contributed by atoms with Gasteiger partial charge in [0, 0.05) is 6.54 Å². The predicted octanol–water partition coefficient (Wildman–Crippen LogP) is 2.70. The van der Waals surface area contributed by atoms with Crippen LogP contribution in [0.1, 0.15) is 54.9 Å². The molecule has 5 nitrogen and oxygen atoms in total. The highest BCUT2D eigenvalue weighted by atomic mass is 16.6. The highest BCUT2D eigenvalue weighted by molar-refractivity contribution is 5.85. The van der Waals surface area contributed by atoms with E-state index in [2.05, 4.69) is 10.6 Å². The van der Waals surface area contributed by atoms with Crippen molar-refractivity contribution in [2.75, 3.05) is 6.54 Å². The van der Waals surface area contributed by atoms with Crippen LogP contribution in [0.3, 0.4) is 0 Å². The first-order chi connectivity index (χ1) is 9.01. The van der Waals surface area contributed by atoms with Crippen LogP contribution >= 0.6 is 0 Å². The molecule has 2 N–H and O–H groups in total. The molecule has 0 aromatic heterocycles. The summed E-state index contributed by atoms with van der Waals surface area (Å²) in [4.78, 5) is 23.9. The number of nitrogens with one attached hydrogen (secondary N) is 2. The molecule has 0 aromatic carbocycles. The Morgan fingerprint density at radius 2 is 1.60 bits per heavy atom. The molecule has 1 atom stereocenters. The fraction of sp³-hybridized carbons (Fsp3) is 0.867. The van der Waals surface area contributed by atoms with Gasteiger partial charge < -0.3 is 15.4 Å². The molecular formula is C15H30N2O3. The Kier molecular flexibility index (Phi) is 7.61. The lowest BCUT2D eigenvalue weighted by Gasteiger charge is -2.24. The van der Waals surface area contributed by atoms with Gasteiger partial charge in [-0.2, -0.15) is 0 Å². The predicted molar refractivity (Wildman–Crippen MR) is 80.5 cm³/mol. The van der Waals surface area contributed by atoms with E-state index < -0.39 is 17.7 Å². The minimum Gasteiger partial charge on any atom is -0.444 e. The van der Waals surface area contributed by atoms with E-state index in [1.54, 1.807) is 20.8 Å². The minimum atomic E-state index is -0.569. The monoisotopic (exact) mass is 286 g/mol. The molecule has 0 spiro atoms. The van der Waals surface area contributed by atoms with Crippen LogP contribution in [-0.2, 0) is 9.53 Å². The van der Waals surface area contributed by atoms with Crippen molar-refractivity contribution < 1.29 is 14.3 Å². The largest absolute Gasteiger partial charge is 0.444 e. The maximum atomic E-state index is 12.1. The van der Waals surface area contributed by atoms with Gasteiger partial charge in [-0.25, -0.2) is 4.79 Å². The lowest BCUT2D eigenvalue weighted by Crippen LogP contribution is -2.49. The lowest BCUT2D eigenvalue weighted by atomic mass is 10.0.